The summed E-state index contributed by atoms with van der Waals surface area (Å²) in [5, 5.41) is 2.49. The second kappa shape index (κ2) is 4.36. The molecule has 0 aliphatic heterocycles. The van der Waals surface area contributed by atoms with Crippen molar-refractivity contribution in [1.82, 2.24) is 4.98 Å². The first-order valence-electron chi connectivity index (χ1n) is 4.00. The van der Waals surface area contributed by atoms with Crippen LogP contribution >= 0.6 is 0 Å². The summed E-state index contributed by atoms with van der Waals surface area (Å²) in [7, 11) is 0. The first-order valence-corrected chi connectivity index (χ1v) is 4.00. The molecule has 1 aromatic heterocycles. The summed E-state index contributed by atoms with van der Waals surface area (Å²) in [6, 6.07) is 3.11. The van der Waals surface area contributed by atoms with E-state index in [4.69, 9.17) is 4.74 Å². The number of esters is 1. The minimum atomic E-state index is -0.404. The van der Waals surface area contributed by atoms with Gasteiger partial charge in [0, 0.05) is 13.8 Å². The Hall–Kier alpha value is -1.91. The van der Waals surface area contributed by atoms with Gasteiger partial charge in [-0.15, -0.1) is 0 Å². The van der Waals surface area contributed by atoms with Gasteiger partial charge in [0.15, 0.2) is 0 Å². The average molecular weight is 194 g/mol. The number of carbonyl (C=O) groups is 2. The molecule has 0 aromatic carbocycles. The molecule has 0 atom stereocenters. The van der Waals surface area contributed by atoms with Crippen LogP contribution in [0.4, 0.5) is 5.82 Å². The van der Waals surface area contributed by atoms with E-state index >= 15 is 0 Å². The molecule has 1 amide bonds. The number of amides is 1. The summed E-state index contributed by atoms with van der Waals surface area (Å²) in [5.41, 5.74) is 0. The number of nitrogens with one attached hydrogen (secondary N) is 1. The maximum absolute atomic E-state index is 10.6. The highest BCUT2D eigenvalue weighted by atomic mass is 16.5. The maximum atomic E-state index is 10.6. The molecule has 0 radical (unpaired) electrons. The standard InChI is InChI=1S/C9H10N2O3/c1-6(12)11-9-4-3-8(5-10-9)14-7(2)13/h3-5H,1-2H3,(H,10,11,12). The van der Waals surface area contributed by atoms with Crippen molar-refractivity contribution in [3.63, 3.8) is 0 Å². The van der Waals surface area contributed by atoms with E-state index in [1.54, 1.807) is 12.1 Å². The van der Waals surface area contributed by atoms with Crippen LogP contribution in [0.2, 0.25) is 0 Å². The summed E-state index contributed by atoms with van der Waals surface area (Å²) < 4.78 is 4.76. The lowest BCUT2D eigenvalue weighted by atomic mass is 10.4. The largest absolute Gasteiger partial charge is 0.425 e. The normalized spacial score (nSPS) is 9.29. The number of ether oxygens (including phenoxy) is 1. The first kappa shape index (κ1) is 10.2. The fraction of sp³-hybridized carbons (Fsp3) is 0.222. The van der Waals surface area contributed by atoms with Gasteiger partial charge in [-0.1, -0.05) is 0 Å². The van der Waals surface area contributed by atoms with Gasteiger partial charge in [-0.05, 0) is 12.1 Å². The van der Waals surface area contributed by atoms with E-state index in [-0.39, 0.29) is 5.91 Å². The van der Waals surface area contributed by atoms with Crippen molar-refractivity contribution in [2.45, 2.75) is 13.8 Å². The Bertz CT molecular complexity index is 311. The molecule has 1 heterocycles. The molecule has 0 saturated heterocycles. The molecule has 1 rings (SSSR count). The quantitative estimate of drug-likeness (QED) is 0.712. The summed E-state index contributed by atoms with van der Waals surface area (Å²) >= 11 is 0. The molecule has 5 nitrogen and oxygen atoms in total. The Morgan fingerprint density at radius 1 is 1.36 bits per heavy atom. The van der Waals surface area contributed by atoms with E-state index in [1.165, 1.54) is 20.0 Å². The molecule has 0 unspecified atom stereocenters. The Morgan fingerprint density at radius 3 is 2.50 bits per heavy atom. The third-order valence-electron chi connectivity index (χ3n) is 1.30. The molecule has 0 aliphatic carbocycles. The maximum Gasteiger partial charge on any atom is 0.308 e. The molecule has 5 heteroatoms. The molecule has 74 valence electrons. The molecule has 0 aliphatic rings. The Balaban J connectivity index is 2.68. The van der Waals surface area contributed by atoms with Gasteiger partial charge in [-0.25, -0.2) is 4.98 Å². The predicted octanol–water partition coefficient (Wildman–Crippen LogP) is 0.965. The Kier molecular flexibility index (Phi) is 3.17. The summed E-state index contributed by atoms with van der Waals surface area (Å²) in [5.74, 6) is 0.178. The fourth-order valence-corrected chi connectivity index (χ4v) is 0.861. The predicted molar refractivity (Wildman–Crippen MR) is 49.8 cm³/mol. The van der Waals surface area contributed by atoms with Crippen molar-refractivity contribution in [3.8, 4) is 5.75 Å². The van der Waals surface area contributed by atoms with Crippen molar-refractivity contribution in [2.75, 3.05) is 5.32 Å². The van der Waals surface area contributed by atoms with E-state index < -0.39 is 5.97 Å². The Labute approximate surface area is 81.1 Å². The topological polar surface area (TPSA) is 68.3 Å². The van der Waals surface area contributed by atoms with Gasteiger partial charge in [0.2, 0.25) is 5.91 Å². The number of hydrogen-bond acceptors (Lipinski definition) is 4. The summed E-state index contributed by atoms with van der Waals surface area (Å²) in [6.45, 7) is 2.70. The summed E-state index contributed by atoms with van der Waals surface area (Å²) in [6.07, 6.45) is 1.37. The van der Waals surface area contributed by atoms with Crippen molar-refractivity contribution in [3.05, 3.63) is 18.3 Å². The van der Waals surface area contributed by atoms with Crippen molar-refractivity contribution >= 4 is 17.7 Å². The highest BCUT2D eigenvalue weighted by molar-refractivity contribution is 5.87. The second-order valence-corrected chi connectivity index (χ2v) is 2.65. The number of rotatable bonds is 2. The van der Waals surface area contributed by atoms with Gasteiger partial charge in [0.05, 0.1) is 6.20 Å². The zero-order valence-electron chi connectivity index (χ0n) is 7.90. The molecule has 14 heavy (non-hydrogen) atoms. The van der Waals surface area contributed by atoms with Gasteiger partial charge in [0.1, 0.15) is 11.6 Å². The van der Waals surface area contributed by atoms with Crippen LogP contribution < -0.4 is 10.1 Å². The van der Waals surface area contributed by atoms with Gasteiger partial charge in [-0.2, -0.15) is 0 Å². The lowest BCUT2D eigenvalue weighted by molar-refractivity contribution is -0.131. The third kappa shape index (κ3) is 3.22. The van der Waals surface area contributed by atoms with E-state index in [0.29, 0.717) is 11.6 Å². The van der Waals surface area contributed by atoms with Crippen LogP contribution in [0.15, 0.2) is 18.3 Å². The van der Waals surface area contributed by atoms with E-state index in [9.17, 15) is 9.59 Å². The number of pyridine rings is 1. The minimum absolute atomic E-state index is 0.197. The van der Waals surface area contributed by atoms with Crippen molar-refractivity contribution in [1.29, 1.82) is 0 Å². The summed E-state index contributed by atoms with van der Waals surface area (Å²) in [4.78, 5) is 25.1. The first-order chi connectivity index (χ1) is 6.58. The number of aromatic nitrogens is 1. The SMILES string of the molecule is CC(=O)Nc1ccc(OC(C)=O)cn1. The van der Waals surface area contributed by atoms with Crippen LogP contribution in [-0.2, 0) is 9.59 Å². The zero-order chi connectivity index (χ0) is 10.6. The monoisotopic (exact) mass is 194 g/mol. The molecular weight excluding hydrogens is 184 g/mol. The van der Waals surface area contributed by atoms with Crippen LogP contribution in [0.3, 0.4) is 0 Å². The minimum Gasteiger partial charge on any atom is -0.425 e. The average Bonchev–Trinajstić information content (AvgIpc) is 2.06. The van der Waals surface area contributed by atoms with Crippen LogP contribution in [0.25, 0.3) is 0 Å². The van der Waals surface area contributed by atoms with Crippen molar-refractivity contribution in [2.24, 2.45) is 0 Å². The number of anilines is 1. The molecule has 0 bridgehead atoms. The van der Waals surface area contributed by atoms with Gasteiger partial charge in [0.25, 0.3) is 0 Å². The van der Waals surface area contributed by atoms with Gasteiger partial charge >= 0.3 is 5.97 Å². The molecule has 0 spiro atoms. The molecule has 0 saturated carbocycles. The second-order valence-electron chi connectivity index (χ2n) is 2.65. The molecule has 0 fully saturated rings. The number of nitrogens with zero attached hydrogens (tertiary/aromatic N) is 1. The van der Waals surface area contributed by atoms with Crippen LogP contribution in [0.1, 0.15) is 13.8 Å². The molecular formula is C9H10N2O3. The highest BCUT2D eigenvalue weighted by Gasteiger charge is 2.00. The lowest BCUT2D eigenvalue weighted by Crippen LogP contribution is -2.07. The highest BCUT2D eigenvalue weighted by Crippen LogP contribution is 2.11. The smallest absolute Gasteiger partial charge is 0.308 e. The van der Waals surface area contributed by atoms with Crippen LogP contribution in [-0.4, -0.2) is 16.9 Å². The van der Waals surface area contributed by atoms with Gasteiger partial charge in [-0.3, -0.25) is 9.59 Å². The van der Waals surface area contributed by atoms with E-state index in [0.717, 1.165) is 0 Å². The van der Waals surface area contributed by atoms with Crippen molar-refractivity contribution < 1.29 is 14.3 Å². The number of hydrogen-bond donors (Lipinski definition) is 1. The van der Waals surface area contributed by atoms with E-state index in [1.807, 2.05) is 0 Å². The fourth-order valence-electron chi connectivity index (χ4n) is 0.861. The Morgan fingerprint density at radius 2 is 2.07 bits per heavy atom. The third-order valence-corrected chi connectivity index (χ3v) is 1.30. The van der Waals surface area contributed by atoms with Crippen LogP contribution in [0, 0.1) is 0 Å². The van der Waals surface area contributed by atoms with E-state index in [2.05, 4.69) is 10.3 Å². The molecule has 1 aromatic rings. The molecule has 1 N–H and O–H groups in total. The number of carbonyl (C=O) groups excluding carboxylic acids is 2. The zero-order valence-corrected chi connectivity index (χ0v) is 7.90. The lowest BCUT2D eigenvalue weighted by Gasteiger charge is -2.02. The van der Waals surface area contributed by atoms with Gasteiger partial charge < -0.3 is 10.1 Å². The van der Waals surface area contributed by atoms with Crippen LogP contribution in [0.5, 0.6) is 5.75 Å².